The molecule has 39 heavy (non-hydrogen) atoms. The molecule has 0 amide bonds. The normalized spacial score (nSPS) is 13.4. The van der Waals surface area contributed by atoms with Gasteiger partial charge in [0.25, 0.3) is 0 Å². The summed E-state index contributed by atoms with van der Waals surface area (Å²) in [5.74, 6) is 1.24. The number of phenols is 1. The van der Waals surface area contributed by atoms with Gasteiger partial charge in [-0.05, 0) is 58.1 Å². The van der Waals surface area contributed by atoms with Crippen molar-refractivity contribution in [2.75, 3.05) is 4.90 Å². The zero-order chi connectivity index (χ0) is 26.6. The molecule has 0 unspecified atom stereocenters. The summed E-state index contributed by atoms with van der Waals surface area (Å²) in [7, 11) is 0. The zero-order valence-corrected chi connectivity index (χ0v) is 24.4. The molecule has 196 valence electrons. The summed E-state index contributed by atoms with van der Waals surface area (Å²) in [6, 6.07) is 29.5. The molecule has 3 heterocycles. The minimum Gasteiger partial charge on any atom is -0.506 e. The first-order chi connectivity index (χ1) is 18.3. The van der Waals surface area contributed by atoms with E-state index in [2.05, 4.69) is 87.2 Å². The summed E-state index contributed by atoms with van der Waals surface area (Å²) in [5.41, 5.74) is 7.44. The van der Waals surface area contributed by atoms with Crippen LogP contribution < -0.4 is 4.90 Å². The Bertz CT molecular complexity index is 1770. The number of pyridine rings is 2. The molecule has 1 aliphatic heterocycles. The topological polar surface area (TPSA) is 73.0 Å². The van der Waals surface area contributed by atoms with Crippen molar-refractivity contribution >= 4 is 28.1 Å². The van der Waals surface area contributed by atoms with Gasteiger partial charge in [0.1, 0.15) is 17.1 Å². The van der Waals surface area contributed by atoms with Crippen molar-refractivity contribution in [3.05, 3.63) is 107 Å². The maximum absolute atomic E-state index is 10.5. The summed E-state index contributed by atoms with van der Waals surface area (Å²) in [4.78, 5) is 11.7. The fraction of sp³-hybridized carbons (Fsp3) is 0.182. The molecule has 3 aromatic carbocycles. The Hall–Kier alpha value is -4.00. The molecule has 2 aromatic heterocycles. The second-order valence-corrected chi connectivity index (χ2v) is 10.6. The van der Waals surface area contributed by atoms with Crippen molar-refractivity contribution < 1.29 is 26.2 Å². The van der Waals surface area contributed by atoms with Crippen LogP contribution in [0.1, 0.15) is 55.9 Å². The summed E-state index contributed by atoms with van der Waals surface area (Å²) < 4.78 is 0. The van der Waals surface area contributed by atoms with Crippen LogP contribution in [0.15, 0.2) is 79.0 Å². The fourth-order valence-electron chi connectivity index (χ4n) is 5.39. The van der Waals surface area contributed by atoms with Crippen LogP contribution in [0.3, 0.4) is 0 Å². The first kappa shape index (κ1) is 26.6. The number of rotatable bonds is 3. The van der Waals surface area contributed by atoms with Gasteiger partial charge in [-0.2, -0.15) is 5.26 Å². The predicted molar refractivity (Wildman–Crippen MR) is 151 cm³/mol. The largest absolute Gasteiger partial charge is 0.506 e. The molecule has 0 fully saturated rings. The molecule has 6 heteroatoms. The molecular weight excluding hydrogens is 663 g/mol. The molecule has 0 aliphatic carbocycles. The van der Waals surface area contributed by atoms with E-state index in [4.69, 9.17) is 9.97 Å². The SMILES string of the molecule is CC(C)c1ccnc(N2c3[c-]c(-c4cc(C#N)c5cccc(O)c5n4)ccc3C(C)(C)c3ccccc32)c1.[Pt]. The number of nitriles is 1. The van der Waals surface area contributed by atoms with Crippen molar-refractivity contribution in [2.24, 2.45) is 0 Å². The number of anilines is 3. The van der Waals surface area contributed by atoms with Gasteiger partial charge in [-0.25, -0.2) is 4.98 Å². The third-order valence-corrected chi connectivity index (χ3v) is 7.52. The van der Waals surface area contributed by atoms with Gasteiger partial charge in [0.05, 0.1) is 11.6 Å². The van der Waals surface area contributed by atoms with Gasteiger partial charge in [0.15, 0.2) is 0 Å². The van der Waals surface area contributed by atoms with Crippen molar-refractivity contribution in [1.82, 2.24) is 9.97 Å². The van der Waals surface area contributed by atoms with Crippen LogP contribution in [-0.4, -0.2) is 15.1 Å². The summed E-state index contributed by atoms with van der Waals surface area (Å²) in [5, 5.41) is 21.0. The molecule has 6 rings (SSSR count). The number of hydrogen-bond acceptors (Lipinski definition) is 5. The maximum atomic E-state index is 10.5. The third kappa shape index (κ3) is 4.30. The molecule has 5 nitrogen and oxygen atoms in total. The van der Waals surface area contributed by atoms with E-state index in [9.17, 15) is 10.4 Å². The van der Waals surface area contributed by atoms with E-state index in [1.54, 1.807) is 24.3 Å². The summed E-state index contributed by atoms with van der Waals surface area (Å²) in [6.45, 7) is 8.82. The predicted octanol–water partition coefficient (Wildman–Crippen LogP) is 7.90. The van der Waals surface area contributed by atoms with E-state index in [1.165, 1.54) is 11.1 Å². The van der Waals surface area contributed by atoms with Gasteiger partial charge in [-0.15, -0.1) is 23.8 Å². The van der Waals surface area contributed by atoms with Crippen molar-refractivity contribution in [3.8, 4) is 23.1 Å². The van der Waals surface area contributed by atoms with Crippen molar-refractivity contribution in [3.63, 3.8) is 0 Å². The van der Waals surface area contributed by atoms with Crippen LogP contribution in [0.25, 0.3) is 22.2 Å². The Morgan fingerprint density at radius 3 is 2.54 bits per heavy atom. The molecule has 0 radical (unpaired) electrons. The Balaban J connectivity index is 0.00000308. The van der Waals surface area contributed by atoms with E-state index in [-0.39, 0.29) is 32.2 Å². The van der Waals surface area contributed by atoms with Crippen LogP contribution in [-0.2, 0) is 26.5 Å². The molecule has 5 aromatic rings. The molecule has 0 saturated carbocycles. The number of para-hydroxylation sites is 2. The standard InChI is InChI=1S/C33H27N4O.Pt/c1-20(2)21-14-15-35-31(18-21)37-28-10-6-5-9-25(28)33(3,4)26-13-12-22(17-29(26)37)27-16-23(19-34)24-8-7-11-30(38)32(24)36-27;/h5-16,18,20,38H,1-4H3;/q-1;. The third-order valence-electron chi connectivity index (χ3n) is 7.52. The van der Waals surface area contributed by atoms with Gasteiger partial charge in [0.2, 0.25) is 0 Å². The molecule has 0 bridgehead atoms. The summed E-state index contributed by atoms with van der Waals surface area (Å²) in [6.07, 6.45) is 1.86. The van der Waals surface area contributed by atoms with Crippen molar-refractivity contribution in [2.45, 2.75) is 39.0 Å². The number of nitrogens with zero attached hydrogens (tertiary/aromatic N) is 4. The molecule has 1 aliphatic rings. The van der Waals surface area contributed by atoms with Gasteiger partial charge in [0, 0.05) is 38.3 Å². The smallest absolute Gasteiger partial charge is 0.140 e. The number of aromatic nitrogens is 2. The Kier molecular flexibility index (Phi) is 6.79. The number of aromatic hydroxyl groups is 1. The first-order valence-electron chi connectivity index (χ1n) is 12.7. The minimum atomic E-state index is -0.264. The number of hydrogen-bond donors (Lipinski definition) is 1. The zero-order valence-electron chi connectivity index (χ0n) is 22.1. The van der Waals surface area contributed by atoms with Gasteiger partial charge in [-0.3, -0.25) is 4.98 Å². The van der Waals surface area contributed by atoms with E-state index < -0.39 is 0 Å². The average molecular weight is 691 g/mol. The monoisotopic (exact) mass is 690 g/mol. The Labute approximate surface area is 243 Å². The van der Waals surface area contributed by atoms with E-state index in [1.807, 2.05) is 12.3 Å². The Morgan fingerprint density at radius 1 is 0.974 bits per heavy atom. The molecule has 1 N–H and O–H groups in total. The van der Waals surface area contributed by atoms with E-state index in [0.717, 1.165) is 28.3 Å². The van der Waals surface area contributed by atoms with Crippen LogP contribution in [0.4, 0.5) is 17.2 Å². The maximum Gasteiger partial charge on any atom is 0.140 e. The van der Waals surface area contributed by atoms with Crippen molar-refractivity contribution in [1.29, 1.82) is 5.26 Å². The van der Waals surface area contributed by atoms with Gasteiger partial charge >= 0.3 is 0 Å². The van der Waals surface area contributed by atoms with Gasteiger partial charge in [-0.1, -0.05) is 69.7 Å². The molecule has 0 atom stereocenters. The number of phenolic OH excluding ortho intramolecular Hbond substituents is 1. The quantitative estimate of drug-likeness (QED) is 0.195. The Morgan fingerprint density at radius 2 is 1.77 bits per heavy atom. The van der Waals surface area contributed by atoms with Gasteiger partial charge < -0.3 is 10.0 Å². The second-order valence-electron chi connectivity index (χ2n) is 10.6. The molecular formula is C33H27N4OPt-. The molecule has 0 saturated heterocycles. The van der Waals surface area contributed by atoms with Crippen LogP contribution >= 0.6 is 0 Å². The van der Waals surface area contributed by atoms with Crippen LogP contribution in [0.2, 0.25) is 0 Å². The van der Waals surface area contributed by atoms with Crippen LogP contribution in [0.5, 0.6) is 5.75 Å². The minimum absolute atomic E-state index is 0. The number of fused-ring (bicyclic) bond motifs is 3. The summed E-state index contributed by atoms with van der Waals surface area (Å²) >= 11 is 0. The van der Waals surface area contributed by atoms with Crippen LogP contribution in [0, 0.1) is 17.4 Å². The average Bonchev–Trinajstić information content (AvgIpc) is 2.93. The fourth-order valence-corrected chi connectivity index (χ4v) is 5.39. The first-order valence-corrected chi connectivity index (χ1v) is 12.7. The molecule has 0 spiro atoms. The second kappa shape index (κ2) is 9.95. The van der Waals surface area contributed by atoms with E-state index in [0.29, 0.717) is 28.1 Å². The van der Waals surface area contributed by atoms with E-state index >= 15 is 0 Å². The number of benzene rings is 3.